The van der Waals surface area contributed by atoms with Crippen LogP contribution in [0, 0.1) is 0 Å². The highest BCUT2D eigenvalue weighted by molar-refractivity contribution is 5.42. The third kappa shape index (κ3) is 3.85. The molecule has 5 heteroatoms. The molecule has 1 aromatic rings. The molecule has 1 aliphatic heterocycles. The van der Waals surface area contributed by atoms with Crippen molar-refractivity contribution in [3.63, 3.8) is 0 Å². The van der Waals surface area contributed by atoms with E-state index in [4.69, 9.17) is 24.7 Å². The summed E-state index contributed by atoms with van der Waals surface area (Å²) in [5.41, 5.74) is 7.08. The molecule has 2 unspecified atom stereocenters. The fourth-order valence-corrected chi connectivity index (χ4v) is 2.32. The minimum Gasteiger partial charge on any atom is -0.497 e. The molecule has 2 rings (SSSR count). The first-order valence-electron chi connectivity index (χ1n) is 6.91. The average molecular weight is 281 g/mol. The van der Waals surface area contributed by atoms with Gasteiger partial charge in [-0.25, -0.2) is 0 Å². The van der Waals surface area contributed by atoms with Crippen LogP contribution in [0.4, 0.5) is 0 Å². The van der Waals surface area contributed by atoms with E-state index >= 15 is 0 Å². The standard InChI is InChI=1S/C15H23NO4/c1-17-11-5-6-13(15(8-11)18-2)14(16)10-19-9-12-4-3-7-20-12/h5-6,8,12,14H,3-4,7,9-10,16H2,1-2H3. The van der Waals surface area contributed by atoms with Gasteiger partial charge in [0, 0.05) is 18.2 Å². The van der Waals surface area contributed by atoms with Crippen molar-refractivity contribution in [1.82, 2.24) is 0 Å². The number of rotatable bonds is 7. The van der Waals surface area contributed by atoms with Crippen LogP contribution < -0.4 is 15.2 Å². The summed E-state index contributed by atoms with van der Waals surface area (Å²) >= 11 is 0. The fourth-order valence-electron chi connectivity index (χ4n) is 2.32. The summed E-state index contributed by atoms with van der Waals surface area (Å²) < 4.78 is 21.7. The van der Waals surface area contributed by atoms with Gasteiger partial charge in [0.25, 0.3) is 0 Å². The minimum atomic E-state index is -0.225. The van der Waals surface area contributed by atoms with Gasteiger partial charge in [0.15, 0.2) is 0 Å². The number of benzene rings is 1. The highest BCUT2D eigenvalue weighted by Gasteiger charge is 2.17. The van der Waals surface area contributed by atoms with E-state index < -0.39 is 0 Å². The molecule has 0 aromatic heterocycles. The Morgan fingerprint density at radius 1 is 1.35 bits per heavy atom. The molecule has 112 valence electrons. The molecule has 0 saturated carbocycles. The largest absolute Gasteiger partial charge is 0.497 e. The topological polar surface area (TPSA) is 62.9 Å². The summed E-state index contributed by atoms with van der Waals surface area (Å²) in [6.45, 7) is 1.89. The lowest BCUT2D eigenvalue weighted by atomic mass is 10.1. The molecule has 1 aromatic carbocycles. The van der Waals surface area contributed by atoms with Crippen molar-refractivity contribution in [3.05, 3.63) is 23.8 Å². The molecule has 0 amide bonds. The summed E-state index contributed by atoms with van der Waals surface area (Å²) in [4.78, 5) is 0. The quantitative estimate of drug-likeness (QED) is 0.827. The van der Waals surface area contributed by atoms with Crippen LogP contribution in [-0.4, -0.2) is 40.1 Å². The molecule has 20 heavy (non-hydrogen) atoms. The van der Waals surface area contributed by atoms with Crippen LogP contribution in [0.3, 0.4) is 0 Å². The van der Waals surface area contributed by atoms with Gasteiger partial charge in [0.05, 0.1) is 39.6 Å². The maximum atomic E-state index is 6.16. The van der Waals surface area contributed by atoms with Crippen LogP contribution in [0.25, 0.3) is 0 Å². The molecule has 0 spiro atoms. The third-order valence-corrected chi connectivity index (χ3v) is 3.47. The number of hydrogen-bond acceptors (Lipinski definition) is 5. The average Bonchev–Trinajstić information content (AvgIpc) is 2.99. The summed E-state index contributed by atoms with van der Waals surface area (Å²) in [5.74, 6) is 1.47. The zero-order chi connectivity index (χ0) is 14.4. The summed E-state index contributed by atoms with van der Waals surface area (Å²) in [6, 6.07) is 5.39. The van der Waals surface area contributed by atoms with Gasteiger partial charge in [0.2, 0.25) is 0 Å². The Hall–Kier alpha value is -1.30. The number of nitrogens with two attached hydrogens (primary N) is 1. The summed E-state index contributed by atoms with van der Waals surface area (Å²) in [5, 5.41) is 0. The van der Waals surface area contributed by atoms with Crippen molar-refractivity contribution in [2.45, 2.75) is 25.0 Å². The normalized spacial score (nSPS) is 19.9. The molecule has 1 aliphatic rings. The van der Waals surface area contributed by atoms with Crippen LogP contribution in [0.1, 0.15) is 24.4 Å². The predicted octanol–water partition coefficient (Wildman–Crippen LogP) is 1.90. The Morgan fingerprint density at radius 3 is 2.85 bits per heavy atom. The van der Waals surface area contributed by atoms with Crippen molar-refractivity contribution < 1.29 is 18.9 Å². The smallest absolute Gasteiger partial charge is 0.127 e. The lowest BCUT2D eigenvalue weighted by molar-refractivity contribution is 0.0128. The minimum absolute atomic E-state index is 0.222. The first-order valence-corrected chi connectivity index (χ1v) is 6.91. The van der Waals surface area contributed by atoms with Crippen LogP contribution >= 0.6 is 0 Å². The summed E-state index contributed by atoms with van der Waals surface area (Å²) in [6.07, 6.45) is 2.41. The highest BCUT2D eigenvalue weighted by Crippen LogP contribution is 2.28. The number of ether oxygens (including phenoxy) is 4. The fraction of sp³-hybridized carbons (Fsp3) is 0.600. The van der Waals surface area contributed by atoms with Crippen LogP contribution in [-0.2, 0) is 9.47 Å². The molecule has 1 saturated heterocycles. The number of hydrogen-bond donors (Lipinski definition) is 1. The first-order chi connectivity index (χ1) is 9.74. The Morgan fingerprint density at radius 2 is 2.20 bits per heavy atom. The van der Waals surface area contributed by atoms with Crippen molar-refractivity contribution in [3.8, 4) is 11.5 Å². The van der Waals surface area contributed by atoms with Gasteiger partial charge in [-0.15, -0.1) is 0 Å². The molecular formula is C15H23NO4. The van der Waals surface area contributed by atoms with Gasteiger partial charge in [-0.2, -0.15) is 0 Å². The molecule has 5 nitrogen and oxygen atoms in total. The van der Waals surface area contributed by atoms with Crippen LogP contribution in [0.2, 0.25) is 0 Å². The van der Waals surface area contributed by atoms with E-state index in [9.17, 15) is 0 Å². The second kappa shape index (κ2) is 7.47. The van der Waals surface area contributed by atoms with E-state index in [2.05, 4.69) is 0 Å². The number of methoxy groups -OCH3 is 2. The molecule has 0 radical (unpaired) electrons. The van der Waals surface area contributed by atoms with Gasteiger partial charge >= 0.3 is 0 Å². The molecule has 1 fully saturated rings. The van der Waals surface area contributed by atoms with Crippen molar-refractivity contribution >= 4 is 0 Å². The van der Waals surface area contributed by atoms with Crippen molar-refractivity contribution in [2.75, 3.05) is 34.0 Å². The Labute approximate surface area is 120 Å². The van der Waals surface area contributed by atoms with E-state index in [0.29, 0.717) is 13.2 Å². The van der Waals surface area contributed by atoms with Gasteiger partial charge < -0.3 is 24.7 Å². The third-order valence-electron chi connectivity index (χ3n) is 3.47. The Balaban J connectivity index is 1.88. The van der Waals surface area contributed by atoms with Crippen molar-refractivity contribution in [2.24, 2.45) is 5.73 Å². The molecule has 1 heterocycles. The van der Waals surface area contributed by atoms with Gasteiger partial charge in [-0.1, -0.05) is 0 Å². The van der Waals surface area contributed by atoms with Gasteiger partial charge in [0.1, 0.15) is 11.5 Å². The predicted molar refractivity (Wildman–Crippen MR) is 76.3 cm³/mol. The molecule has 2 atom stereocenters. The highest BCUT2D eigenvalue weighted by atomic mass is 16.5. The molecule has 0 bridgehead atoms. The molecule has 0 aliphatic carbocycles. The van der Waals surface area contributed by atoms with E-state index in [1.165, 1.54) is 0 Å². The second-order valence-electron chi connectivity index (χ2n) is 4.89. The Bertz CT molecular complexity index is 418. The van der Waals surface area contributed by atoms with E-state index in [1.807, 2.05) is 18.2 Å². The molecular weight excluding hydrogens is 258 g/mol. The van der Waals surface area contributed by atoms with E-state index in [-0.39, 0.29) is 12.1 Å². The lowest BCUT2D eigenvalue weighted by Crippen LogP contribution is -2.22. The van der Waals surface area contributed by atoms with Gasteiger partial charge in [-0.05, 0) is 25.0 Å². The summed E-state index contributed by atoms with van der Waals surface area (Å²) in [7, 11) is 3.25. The maximum Gasteiger partial charge on any atom is 0.127 e. The Kier molecular flexibility index (Phi) is 5.64. The van der Waals surface area contributed by atoms with Crippen LogP contribution in [0.5, 0.6) is 11.5 Å². The van der Waals surface area contributed by atoms with E-state index in [0.717, 1.165) is 36.5 Å². The van der Waals surface area contributed by atoms with Crippen molar-refractivity contribution in [1.29, 1.82) is 0 Å². The second-order valence-corrected chi connectivity index (χ2v) is 4.89. The monoisotopic (exact) mass is 281 g/mol. The van der Waals surface area contributed by atoms with Crippen LogP contribution in [0.15, 0.2) is 18.2 Å². The zero-order valence-corrected chi connectivity index (χ0v) is 12.1. The molecule has 2 N–H and O–H groups in total. The van der Waals surface area contributed by atoms with Gasteiger partial charge in [-0.3, -0.25) is 0 Å². The van der Waals surface area contributed by atoms with E-state index in [1.54, 1.807) is 14.2 Å². The first kappa shape index (κ1) is 15.1. The SMILES string of the molecule is COc1ccc(C(N)COCC2CCCO2)c(OC)c1. The zero-order valence-electron chi connectivity index (χ0n) is 12.1. The lowest BCUT2D eigenvalue weighted by Gasteiger charge is -2.18. The maximum absolute atomic E-state index is 6.16.